The van der Waals surface area contributed by atoms with Crippen LogP contribution in [0.2, 0.25) is 0 Å². The van der Waals surface area contributed by atoms with Crippen molar-refractivity contribution < 1.29 is 9.59 Å². The Morgan fingerprint density at radius 2 is 2.11 bits per heavy atom. The molecule has 3 fully saturated rings. The van der Waals surface area contributed by atoms with Gasteiger partial charge >= 0.3 is 0 Å². The van der Waals surface area contributed by atoms with Crippen LogP contribution in [0.4, 0.5) is 0 Å². The van der Waals surface area contributed by atoms with Gasteiger partial charge in [-0.3, -0.25) is 19.4 Å². The lowest BCUT2D eigenvalue weighted by atomic mass is 10.0. The van der Waals surface area contributed by atoms with Gasteiger partial charge in [0.1, 0.15) is 6.04 Å². The molecule has 1 N–H and O–H groups in total. The van der Waals surface area contributed by atoms with Crippen molar-refractivity contribution in [2.45, 2.75) is 56.8 Å². The summed E-state index contributed by atoms with van der Waals surface area (Å²) >= 11 is 1.75. The predicted octanol–water partition coefficient (Wildman–Crippen LogP) is 1.52. The molecule has 0 aliphatic carbocycles. The number of hydrogen-bond donors (Lipinski definition) is 1. The van der Waals surface area contributed by atoms with E-state index in [4.69, 9.17) is 0 Å². The number of likely N-dealkylation sites (N-methyl/N-ethyl adjacent to an activating group) is 1. The molecule has 1 aromatic rings. The van der Waals surface area contributed by atoms with Gasteiger partial charge in [0, 0.05) is 56.1 Å². The summed E-state index contributed by atoms with van der Waals surface area (Å²) in [5.41, 5.74) is 0. The number of hydrogen-bond acceptors (Lipinski definition) is 5. The largest absolute Gasteiger partial charge is 0.353 e. The lowest BCUT2D eigenvalue weighted by molar-refractivity contribution is -0.130. The topological polar surface area (TPSA) is 55.9 Å². The van der Waals surface area contributed by atoms with Crippen LogP contribution in [0.25, 0.3) is 0 Å². The van der Waals surface area contributed by atoms with Gasteiger partial charge in [-0.2, -0.15) is 0 Å². The van der Waals surface area contributed by atoms with Gasteiger partial charge in [-0.25, -0.2) is 0 Å². The van der Waals surface area contributed by atoms with Crippen molar-refractivity contribution in [3.63, 3.8) is 0 Å². The van der Waals surface area contributed by atoms with Gasteiger partial charge in [0.15, 0.2) is 0 Å². The monoisotopic (exact) mass is 390 g/mol. The van der Waals surface area contributed by atoms with Gasteiger partial charge in [0.05, 0.1) is 0 Å². The van der Waals surface area contributed by atoms with Crippen LogP contribution in [-0.2, 0) is 16.1 Å². The van der Waals surface area contributed by atoms with Crippen LogP contribution < -0.4 is 5.32 Å². The van der Waals surface area contributed by atoms with Gasteiger partial charge < -0.3 is 10.2 Å². The summed E-state index contributed by atoms with van der Waals surface area (Å²) in [5, 5.41) is 5.25. The predicted molar refractivity (Wildman–Crippen MR) is 107 cm³/mol. The van der Waals surface area contributed by atoms with Crippen LogP contribution in [0.3, 0.4) is 0 Å². The fourth-order valence-corrected chi connectivity index (χ4v) is 5.57. The van der Waals surface area contributed by atoms with Crippen LogP contribution in [0.1, 0.15) is 37.0 Å². The first kappa shape index (κ1) is 18.9. The first-order chi connectivity index (χ1) is 13.1. The van der Waals surface area contributed by atoms with E-state index in [1.807, 2.05) is 4.90 Å². The molecule has 3 saturated heterocycles. The normalized spacial score (nSPS) is 29.6. The average Bonchev–Trinajstić information content (AvgIpc) is 3.41. The second-order valence-corrected chi connectivity index (χ2v) is 9.07. The van der Waals surface area contributed by atoms with E-state index < -0.39 is 0 Å². The van der Waals surface area contributed by atoms with E-state index in [1.165, 1.54) is 4.88 Å². The molecule has 0 radical (unpaired) electrons. The van der Waals surface area contributed by atoms with Crippen molar-refractivity contribution in [3.8, 4) is 0 Å². The molecule has 148 valence electrons. The molecule has 1 aromatic heterocycles. The zero-order chi connectivity index (χ0) is 18.8. The van der Waals surface area contributed by atoms with E-state index in [0.717, 1.165) is 51.9 Å². The second kappa shape index (κ2) is 8.29. The SMILES string of the molecule is CN1[C@@H](CCC(=O)N2CCCC2)CNC(=O)[C@@H]2[C@H]1CCN2Cc1cccs1. The van der Waals surface area contributed by atoms with E-state index in [9.17, 15) is 9.59 Å². The fourth-order valence-electron chi connectivity index (χ4n) is 4.84. The maximum Gasteiger partial charge on any atom is 0.239 e. The zero-order valence-corrected chi connectivity index (χ0v) is 16.9. The van der Waals surface area contributed by atoms with Crippen molar-refractivity contribution in [1.82, 2.24) is 20.0 Å². The summed E-state index contributed by atoms with van der Waals surface area (Å²) in [6.45, 7) is 4.27. The Kier molecular flexibility index (Phi) is 5.80. The maximum absolute atomic E-state index is 12.8. The standard InChI is InChI=1S/C20H30N4O2S/c1-22-15(6-7-18(25)23-9-2-3-10-23)13-21-20(26)19-17(22)8-11-24(19)14-16-5-4-12-27-16/h4-5,12,15,17,19H,2-3,6-11,13-14H2,1H3,(H,21,26)/t15-,17+,19-/m0/s1. The molecule has 0 spiro atoms. The number of rotatable bonds is 5. The molecule has 4 heterocycles. The molecule has 3 aliphatic heterocycles. The summed E-state index contributed by atoms with van der Waals surface area (Å²) in [5.74, 6) is 0.424. The molecule has 0 aromatic carbocycles. The van der Waals surface area contributed by atoms with E-state index in [-0.39, 0.29) is 29.9 Å². The van der Waals surface area contributed by atoms with Gasteiger partial charge in [0.25, 0.3) is 0 Å². The first-order valence-electron chi connectivity index (χ1n) is 10.2. The number of likely N-dealkylation sites (tertiary alicyclic amines) is 2. The molecule has 27 heavy (non-hydrogen) atoms. The van der Waals surface area contributed by atoms with Crippen molar-refractivity contribution in [2.24, 2.45) is 0 Å². The third-order valence-electron chi connectivity index (χ3n) is 6.44. The maximum atomic E-state index is 12.8. The molecule has 3 atom stereocenters. The van der Waals surface area contributed by atoms with Crippen LogP contribution in [-0.4, -0.2) is 77.9 Å². The molecular formula is C20H30N4O2S. The minimum absolute atomic E-state index is 0.0867. The smallest absolute Gasteiger partial charge is 0.239 e. The van der Waals surface area contributed by atoms with E-state index in [2.05, 4.69) is 39.7 Å². The first-order valence-corrected chi connectivity index (χ1v) is 11.1. The number of nitrogens with zero attached hydrogens (tertiary/aromatic N) is 3. The van der Waals surface area contributed by atoms with Crippen LogP contribution in [0, 0.1) is 0 Å². The van der Waals surface area contributed by atoms with Crippen LogP contribution in [0.15, 0.2) is 17.5 Å². The Morgan fingerprint density at radius 1 is 1.30 bits per heavy atom. The van der Waals surface area contributed by atoms with Crippen LogP contribution in [0.5, 0.6) is 0 Å². The molecule has 0 bridgehead atoms. The third kappa shape index (κ3) is 4.05. The molecule has 7 heteroatoms. The summed E-state index contributed by atoms with van der Waals surface area (Å²) in [6, 6.07) is 4.59. The molecule has 0 saturated carbocycles. The van der Waals surface area contributed by atoms with Gasteiger partial charge in [-0.05, 0) is 44.2 Å². The van der Waals surface area contributed by atoms with E-state index >= 15 is 0 Å². The third-order valence-corrected chi connectivity index (χ3v) is 7.30. The number of nitrogens with one attached hydrogen (secondary N) is 1. The number of carbonyl (C=O) groups excluding carboxylic acids is 2. The van der Waals surface area contributed by atoms with Crippen molar-refractivity contribution in [1.29, 1.82) is 0 Å². The minimum Gasteiger partial charge on any atom is -0.353 e. The van der Waals surface area contributed by atoms with Crippen LogP contribution >= 0.6 is 11.3 Å². The van der Waals surface area contributed by atoms with E-state index in [1.54, 1.807) is 11.3 Å². The number of thiophene rings is 1. The highest BCUT2D eigenvalue weighted by Crippen LogP contribution is 2.29. The average molecular weight is 391 g/mol. The highest BCUT2D eigenvalue weighted by Gasteiger charge is 2.45. The molecule has 4 rings (SSSR count). The van der Waals surface area contributed by atoms with E-state index in [0.29, 0.717) is 13.0 Å². The number of fused-ring (bicyclic) bond motifs is 1. The Labute approximate surface area is 165 Å². The quantitative estimate of drug-likeness (QED) is 0.828. The van der Waals surface area contributed by atoms with Crippen molar-refractivity contribution >= 4 is 23.2 Å². The van der Waals surface area contributed by atoms with Gasteiger partial charge in [-0.15, -0.1) is 11.3 Å². The molecule has 0 unspecified atom stereocenters. The molecule has 6 nitrogen and oxygen atoms in total. The highest BCUT2D eigenvalue weighted by molar-refractivity contribution is 7.09. The van der Waals surface area contributed by atoms with Gasteiger partial charge in [0.2, 0.25) is 11.8 Å². The Morgan fingerprint density at radius 3 is 2.85 bits per heavy atom. The van der Waals surface area contributed by atoms with Crippen molar-refractivity contribution in [3.05, 3.63) is 22.4 Å². The summed E-state index contributed by atoms with van der Waals surface area (Å²) < 4.78 is 0. The number of carbonyl (C=O) groups is 2. The summed E-state index contributed by atoms with van der Waals surface area (Å²) in [6.07, 6.45) is 4.68. The highest BCUT2D eigenvalue weighted by atomic mass is 32.1. The number of amides is 2. The molecular weight excluding hydrogens is 360 g/mol. The Hall–Kier alpha value is -1.44. The lowest BCUT2D eigenvalue weighted by Crippen LogP contribution is -2.49. The summed E-state index contributed by atoms with van der Waals surface area (Å²) in [7, 11) is 2.14. The molecule has 3 aliphatic rings. The zero-order valence-electron chi connectivity index (χ0n) is 16.1. The summed E-state index contributed by atoms with van der Waals surface area (Å²) in [4.78, 5) is 33.2. The van der Waals surface area contributed by atoms with Crippen molar-refractivity contribution in [2.75, 3.05) is 33.2 Å². The second-order valence-electron chi connectivity index (χ2n) is 8.04. The van der Waals surface area contributed by atoms with Gasteiger partial charge in [-0.1, -0.05) is 6.07 Å². The lowest BCUT2D eigenvalue weighted by Gasteiger charge is -2.33. The molecule has 2 amide bonds. The fraction of sp³-hybridized carbons (Fsp3) is 0.700. The Bertz CT molecular complexity index is 659. The Balaban J connectivity index is 1.38. The minimum atomic E-state index is -0.0867.